The lowest BCUT2D eigenvalue weighted by molar-refractivity contribution is 0.601. The van der Waals surface area contributed by atoms with Crippen LogP contribution in [0.1, 0.15) is 12.5 Å². The van der Waals surface area contributed by atoms with Gasteiger partial charge in [0.05, 0.1) is 4.90 Å². The largest absolute Gasteiger partial charge is 0.263 e. The second-order valence-corrected chi connectivity index (χ2v) is 7.20. The summed E-state index contributed by atoms with van der Waals surface area (Å²) in [5.74, 6) is 0.286. The molecule has 0 bridgehead atoms. The molecule has 1 heterocycles. The van der Waals surface area contributed by atoms with Crippen molar-refractivity contribution in [2.24, 2.45) is 0 Å². The Bertz CT molecular complexity index is 723. The first-order chi connectivity index (χ1) is 9.38. The molecule has 0 amide bonds. The molecule has 2 aromatic rings. The Kier molecular flexibility index (Phi) is 4.44. The van der Waals surface area contributed by atoms with E-state index in [1.165, 1.54) is 0 Å². The van der Waals surface area contributed by atoms with E-state index in [1.54, 1.807) is 42.6 Å². The van der Waals surface area contributed by atoms with Gasteiger partial charge in [0.1, 0.15) is 5.82 Å². The van der Waals surface area contributed by atoms with Crippen molar-refractivity contribution in [3.05, 3.63) is 58.3 Å². The van der Waals surface area contributed by atoms with Crippen LogP contribution in [0.5, 0.6) is 0 Å². The van der Waals surface area contributed by atoms with Crippen molar-refractivity contribution < 1.29 is 8.42 Å². The van der Waals surface area contributed by atoms with Crippen LogP contribution in [0.2, 0.25) is 0 Å². The second kappa shape index (κ2) is 5.92. The number of hydrogen-bond donors (Lipinski definition) is 1. The van der Waals surface area contributed by atoms with Crippen molar-refractivity contribution >= 4 is 44.0 Å². The number of rotatable bonds is 4. The molecular weight excluding hydrogens is 387 g/mol. The predicted molar refractivity (Wildman–Crippen MR) is 88.9 cm³/mol. The van der Waals surface area contributed by atoms with Gasteiger partial charge in [-0.25, -0.2) is 13.4 Å². The predicted octanol–water partition coefficient (Wildman–Crippen LogP) is 3.52. The smallest absolute Gasteiger partial charge is 0.263 e. The van der Waals surface area contributed by atoms with Crippen LogP contribution in [0.3, 0.4) is 0 Å². The summed E-state index contributed by atoms with van der Waals surface area (Å²) in [6, 6.07) is 10.0. The lowest BCUT2D eigenvalue weighted by Crippen LogP contribution is -2.13. The highest BCUT2D eigenvalue weighted by molar-refractivity contribution is 14.1. The maximum Gasteiger partial charge on any atom is 0.263 e. The third kappa shape index (κ3) is 3.57. The summed E-state index contributed by atoms with van der Waals surface area (Å²) < 4.78 is 27.7. The molecule has 2 rings (SSSR count). The molecule has 0 unspecified atom stereocenters. The minimum Gasteiger partial charge on any atom is -0.263 e. The third-order valence-electron chi connectivity index (χ3n) is 2.62. The molecule has 0 spiro atoms. The molecule has 0 saturated heterocycles. The van der Waals surface area contributed by atoms with Crippen LogP contribution < -0.4 is 4.72 Å². The number of hydrogen-bond acceptors (Lipinski definition) is 3. The number of halogens is 1. The first kappa shape index (κ1) is 15.0. The topological polar surface area (TPSA) is 59.1 Å². The minimum atomic E-state index is -3.60. The van der Waals surface area contributed by atoms with E-state index >= 15 is 0 Å². The number of nitrogens with one attached hydrogen (secondary N) is 1. The summed E-state index contributed by atoms with van der Waals surface area (Å²) in [4.78, 5) is 4.29. The molecular formula is C14H13IN2O2S. The summed E-state index contributed by atoms with van der Waals surface area (Å²) in [6.45, 7) is 5.67. The Morgan fingerprint density at radius 2 is 1.85 bits per heavy atom. The molecule has 20 heavy (non-hydrogen) atoms. The summed E-state index contributed by atoms with van der Waals surface area (Å²) in [7, 11) is -3.60. The molecule has 0 aliphatic rings. The number of nitrogens with zero attached hydrogens (tertiary/aromatic N) is 1. The number of benzene rings is 1. The molecule has 1 N–H and O–H groups in total. The monoisotopic (exact) mass is 400 g/mol. The summed E-state index contributed by atoms with van der Waals surface area (Å²) in [6.07, 6.45) is 1.59. The Morgan fingerprint density at radius 3 is 2.35 bits per heavy atom. The van der Waals surface area contributed by atoms with E-state index in [4.69, 9.17) is 0 Å². The maximum atomic E-state index is 12.2. The van der Waals surface area contributed by atoms with Gasteiger partial charge < -0.3 is 0 Å². The molecule has 0 aliphatic heterocycles. The highest BCUT2D eigenvalue weighted by Crippen LogP contribution is 2.17. The fraction of sp³-hybridized carbons (Fsp3) is 0.0714. The molecule has 1 aromatic carbocycles. The highest BCUT2D eigenvalue weighted by atomic mass is 127. The fourth-order valence-corrected chi connectivity index (χ4v) is 2.88. The van der Waals surface area contributed by atoms with Gasteiger partial charge >= 0.3 is 0 Å². The number of aromatic nitrogens is 1. The van der Waals surface area contributed by atoms with Gasteiger partial charge in [0.2, 0.25) is 0 Å². The normalized spacial score (nSPS) is 11.1. The number of allylic oxidation sites excluding steroid dienone is 1. The van der Waals surface area contributed by atoms with Gasteiger partial charge in [-0.15, -0.1) is 0 Å². The minimum absolute atomic E-state index is 0.212. The Balaban J connectivity index is 2.24. The molecule has 1 aromatic heterocycles. The maximum absolute atomic E-state index is 12.2. The SMILES string of the molecule is C=C(C)c1ccc(NS(=O)(=O)c2ccc(I)cc2)nc1. The van der Waals surface area contributed by atoms with Gasteiger partial charge in [-0.2, -0.15) is 0 Å². The second-order valence-electron chi connectivity index (χ2n) is 4.27. The van der Waals surface area contributed by atoms with E-state index in [9.17, 15) is 8.42 Å². The van der Waals surface area contributed by atoms with E-state index < -0.39 is 10.0 Å². The van der Waals surface area contributed by atoms with Crippen LogP contribution in [-0.2, 0) is 10.0 Å². The lowest BCUT2D eigenvalue weighted by Gasteiger charge is -2.08. The van der Waals surface area contributed by atoms with Gasteiger partial charge in [-0.05, 0) is 77.0 Å². The first-order valence-corrected chi connectivity index (χ1v) is 8.35. The zero-order valence-corrected chi connectivity index (χ0v) is 13.8. The van der Waals surface area contributed by atoms with E-state index in [1.807, 2.05) is 6.92 Å². The van der Waals surface area contributed by atoms with E-state index in [2.05, 4.69) is 38.9 Å². The third-order valence-corrected chi connectivity index (χ3v) is 4.71. The fourth-order valence-electron chi connectivity index (χ4n) is 1.52. The van der Waals surface area contributed by atoms with Gasteiger partial charge in [0, 0.05) is 9.77 Å². The molecule has 104 valence electrons. The first-order valence-electron chi connectivity index (χ1n) is 5.79. The van der Waals surface area contributed by atoms with Gasteiger partial charge in [-0.3, -0.25) is 4.72 Å². The van der Waals surface area contributed by atoms with E-state index in [-0.39, 0.29) is 10.7 Å². The van der Waals surface area contributed by atoms with E-state index in [0.29, 0.717) is 0 Å². The van der Waals surface area contributed by atoms with Crippen LogP contribution in [-0.4, -0.2) is 13.4 Å². The van der Waals surface area contributed by atoms with Gasteiger partial charge in [0.15, 0.2) is 0 Å². The molecule has 0 radical (unpaired) electrons. The lowest BCUT2D eigenvalue weighted by atomic mass is 10.1. The number of pyridine rings is 1. The summed E-state index contributed by atoms with van der Waals surface area (Å²) in [5.41, 5.74) is 1.76. The number of anilines is 1. The van der Waals surface area contributed by atoms with E-state index in [0.717, 1.165) is 14.7 Å². The van der Waals surface area contributed by atoms with Crippen molar-refractivity contribution in [1.29, 1.82) is 0 Å². The van der Waals surface area contributed by atoms with Crippen molar-refractivity contribution in [1.82, 2.24) is 4.98 Å². The van der Waals surface area contributed by atoms with Crippen molar-refractivity contribution in [3.63, 3.8) is 0 Å². The molecule has 0 fully saturated rings. The van der Waals surface area contributed by atoms with Crippen LogP contribution in [0, 0.1) is 3.57 Å². The molecule has 0 atom stereocenters. The van der Waals surface area contributed by atoms with Crippen LogP contribution >= 0.6 is 22.6 Å². The zero-order valence-electron chi connectivity index (χ0n) is 10.8. The quantitative estimate of drug-likeness (QED) is 0.800. The average molecular weight is 400 g/mol. The molecule has 0 saturated carbocycles. The Hall–Kier alpha value is -1.41. The average Bonchev–Trinajstić information content (AvgIpc) is 2.39. The number of sulfonamides is 1. The standard InChI is InChI=1S/C14H13IN2O2S/c1-10(2)11-3-8-14(16-9-11)17-20(18,19)13-6-4-12(15)5-7-13/h3-9H,1H2,2H3,(H,16,17). The van der Waals surface area contributed by atoms with Crippen LogP contribution in [0.15, 0.2) is 54.1 Å². The van der Waals surface area contributed by atoms with Crippen molar-refractivity contribution in [2.75, 3.05) is 4.72 Å². The van der Waals surface area contributed by atoms with Crippen LogP contribution in [0.25, 0.3) is 5.57 Å². The molecule has 0 aliphatic carbocycles. The zero-order chi connectivity index (χ0) is 14.8. The summed E-state index contributed by atoms with van der Waals surface area (Å²) in [5, 5.41) is 0. The van der Waals surface area contributed by atoms with Gasteiger partial charge in [-0.1, -0.05) is 6.58 Å². The molecule has 6 heteroatoms. The van der Waals surface area contributed by atoms with Gasteiger partial charge in [0.25, 0.3) is 10.0 Å². The Morgan fingerprint density at radius 1 is 1.20 bits per heavy atom. The van der Waals surface area contributed by atoms with Crippen molar-refractivity contribution in [2.45, 2.75) is 11.8 Å². The van der Waals surface area contributed by atoms with Crippen LogP contribution in [0.4, 0.5) is 5.82 Å². The van der Waals surface area contributed by atoms with Crippen molar-refractivity contribution in [3.8, 4) is 0 Å². The Labute approximate surface area is 132 Å². The molecule has 4 nitrogen and oxygen atoms in total. The summed E-state index contributed by atoms with van der Waals surface area (Å²) >= 11 is 2.12. The highest BCUT2D eigenvalue weighted by Gasteiger charge is 2.14.